The second kappa shape index (κ2) is 10.6. The molecule has 28 heavy (non-hydrogen) atoms. The van der Waals surface area contributed by atoms with Crippen molar-refractivity contribution < 1.29 is 25.2 Å². The van der Waals surface area contributed by atoms with E-state index in [1.54, 1.807) is 30.3 Å². The number of rotatable bonds is 10. The molecule has 0 aliphatic heterocycles. The van der Waals surface area contributed by atoms with Crippen molar-refractivity contribution in [2.45, 2.75) is 37.5 Å². The second-order valence-electron chi connectivity index (χ2n) is 6.89. The van der Waals surface area contributed by atoms with Crippen LogP contribution in [0, 0.1) is 5.92 Å². The van der Waals surface area contributed by atoms with Crippen molar-refractivity contribution in [1.82, 2.24) is 0 Å². The summed E-state index contributed by atoms with van der Waals surface area (Å²) in [6, 6.07) is 15.2. The minimum Gasteiger partial charge on any atom is -0.508 e. The number of phenolic OH excluding ortho intramolecular Hbond substituents is 1. The van der Waals surface area contributed by atoms with Crippen LogP contribution in [-0.4, -0.2) is 44.6 Å². The van der Waals surface area contributed by atoms with E-state index in [9.17, 15) is 25.2 Å². The maximum absolute atomic E-state index is 11.5. The first-order valence-corrected chi connectivity index (χ1v) is 9.20. The number of aromatic hydroxyl groups is 1. The third kappa shape index (κ3) is 6.81. The van der Waals surface area contributed by atoms with E-state index in [2.05, 4.69) is 0 Å². The first-order valence-electron chi connectivity index (χ1n) is 9.20. The van der Waals surface area contributed by atoms with Crippen LogP contribution >= 0.6 is 0 Å². The fourth-order valence-electron chi connectivity index (χ4n) is 2.93. The Kier molecular flexibility index (Phi) is 8.19. The highest BCUT2D eigenvalue weighted by molar-refractivity contribution is 5.71. The van der Waals surface area contributed by atoms with Gasteiger partial charge in [0.05, 0.1) is 18.1 Å². The number of phenols is 1. The Morgan fingerprint density at radius 3 is 2.18 bits per heavy atom. The summed E-state index contributed by atoms with van der Waals surface area (Å²) in [4.78, 5) is 11.5. The van der Waals surface area contributed by atoms with Crippen molar-refractivity contribution in [3.05, 3.63) is 77.9 Å². The summed E-state index contributed by atoms with van der Waals surface area (Å²) in [5, 5.41) is 39.1. The van der Waals surface area contributed by atoms with Gasteiger partial charge >= 0.3 is 5.97 Å². The topological polar surface area (TPSA) is 124 Å². The summed E-state index contributed by atoms with van der Waals surface area (Å²) in [6.07, 6.45) is 1.81. The van der Waals surface area contributed by atoms with Gasteiger partial charge in [-0.15, -0.1) is 0 Å². The highest BCUT2D eigenvalue weighted by atomic mass is 16.4. The zero-order valence-electron chi connectivity index (χ0n) is 15.6. The Hall–Kier alpha value is -2.67. The normalized spacial score (nSPS) is 15.8. The molecule has 6 nitrogen and oxygen atoms in total. The Morgan fingerprint density at radius 2 is 1.57 bits per heavy atom. The van der Waals surface area contributed by atoms with Gasteiger partial charge in [0.15, 0.2) is 0 Å². The predicted octanol–water partition coefficient (Wildman–Crippen LogP) is 1.87. The molecule has 0 spiro atoms. The molecule has 6 heteroatoms. The molecule has 2 aromatic carbocycles. The molecule has 0 aliphatic rings. The maximum atomic E-state index is 11.5. The molecule has 0 radical (unpaired) electrons. The van der Waals surface area contributed by atoms with Crippen LogP contribution < -0.4 is 5.73 Å². The minimum atomic E-state index is -1.17. The van der Waals surface area contributed by atoms with Crippen LogP contribution in [0.3, 0.4) is 0 Å². The third-order valence-corrected chi connectivity index (χ3v) is 4.64. The molecule has 0 amide bonds. The van der Waals surface area contributed by atoms with Crippen LogP contribution in [0.4, 0.5) is 0 Å². The molecular formula is C22H27NO5. The van der Waals surface area contributed by atoms with Gasteiger partial charge in [0, 0.05) is 6.04 Å². The zero-order chi connectivity index (χ0) is 20.5. The summed E-state index contributed by atoms with van der Waals surface area (Å²) in [6.45, 7) is 0. The maximum Gasteiger partial charge on any atom is 0.309 e. The van der Waals surface area contributed by atoms with E-state index in [1.165, 1.54) is 6.08 Å². The van der Waals surface area contributed by atoms with Crippen LogP contribution in [0.15, 0.2) is 66.7 Å². The number of aliphatic hydroxyl groups is 2. The smallest absolute Gasteiger partial charge is 0.309 e. The van der Waals surface area contributed by atoms with Gasteiger partial charge in [0.25, 0.3) is 0 Å². The summed E-state index contributed by atoms with van der Waals surface area (Å²) < 4.78 is 0. The number of nitrogens with two attached hydrogens (primary N) is 1. The molecule has 150 valence electrons. The van der Waals surface area contributed by atoms with Crippen LogP contribution in [0.1, 0.15) is 17.5 Å². The summed E-state index contributed by atoms with van der Waals surface area (Å²) in [5.41, 5.74) is 7.73. The summed E-state index contributed by atoms with van der Waals surface area (Å²) in [5.74, 6) is -1.88. The molecule has 0 saturated heterocycles. The zero-order valence-corrected chi connectivity index (χ0v) is 15.6. The molecule has 0 heterocycles. The van der Waals surface area contributed by atoms with E-state index >= 15 is 0 Å². The van der Waals surface area contributed by atoms with Gasteiger partial charge in [-0.05, 0) is 42.5 Å². The van der Waals surface area contributed by atoms with Crippen molar-refractivity contribution in [1.29, 1.82) is 0 Å². The van der Waals surface area contributed by atoms with Gasteiger partial charge in [-0.1, -0.05) is 54.6 Å². The van der Waals surface area contributed by atoms with Crippen molar-refractivity contribution in [3.8, 4) is 5.75 Å². The van der Waals surface area contributed by atoms with Crippen LogP contribution in [0.5, 0.6) is 5.75 Å². The Balaban J connectivity index is 1.87. The third-order valence-electron chi connectivity index (χ3n) is 4.64. The average molecular weight is 385 g/mol. The van der Waals surface area contributed by atoms with Gasteiger partial charge in [0.1, 0.15) is 5.75 Å². The number of carbonyl (C=O) groups is 1. The molecule has 4 unspecified atom stereocenters. The van der Waals surface area contributed by atoms with Gasteiger partial charge in [-0.25, -0.2) is 0 Å². The lowest BCUT2D eigenvalue weighted by atomic mass is 9.93. The first-order chi connectivity index (χ1) is 13.4. The second-order valence-corrected chi connectivity index (χ2v) is 6.89. The molecular weight excluding hydrogens is 358 g/mol. The lowest BCUT2D eigenvalue weighted by Crippen LogP contribution is -2.36. The average Bonchev–Trinajstić information content (AvgIpc) is 2.68. The lowest BCUT2D eigenvalue weighted by molar-refractivity contribution is -0.144. The van der Waals surface area contributed by atoms with Gasteiger partial charge < -0.3 is 26.2 Å². The van der Waals surface area contributed by atoms with Gasteiger partial charge in [-0.2, -0.15) is 0 Å². The molecule has 0 saturated carbocycles. The molecule has 0 aliphatic carbocycles. The summed E-state index contributed by atoms with van der Waals surface area (Å²) in [7, 11) is 0. The van der Waals surface area contributed by atoms with Gasteiger partial charge in [0.2, 0.25) is 0 Å². The molecule has 6 N–H and O–H groups in total. The largest absolute Gasteiger partial charge is 0.508 e. The number of carboxylic acid groups (broad SMARTS) is 1. The highest BCUT2D eigenvalue weighted by Crippen LogP contribution is 2.16. The van der Waals surface area contributed by atoms with E-state index < -0.39 is 30.1 Å². The molecule has 2 rings (SSSR count). The van der Waals surface area contributed by atoms with E-state index in [4.69, 9.17) is 5.73 Å². The lowest BCUT2D eigenvalue weighted by Gasteiger charge is -2.19. The number of hydrogen-bond donors (Lipinski definition) is 5. The minimum absolute atomic E-state index is 0.165. The molecule has 4 atom stereocenters. The Bertz CT molecular complexity index is 760. The number of hydrogen-bond acceptors (Lipinski definition) is 5. The van der Waals surface area contributed by atoms with Crippen molar-refractivity contribution in [2.24, 2.45) is 11.7 Å². The van der Waals surface area contributed by atoms with Crippen molar-refractivity contribution in [2.75, 3.05) is 0 Å². The van der Waals surface area contributed by atoms with Crippen molar-refractivity contribution in [3.63, 3.8) is 0 Å². The number of aliphatic hydroxyl groups excluding tert-OH is 2. The monoisotopic (exact) mass is 385 g/mol. The quantitative estimate of drug-likeness (QED) is 0.398. The first kappa shape index (κ1) is 21.6. The number of carboxylic acids is 1. The molecule has 0 bridgehead atoms. The number of aliphatic carboxylic acids is 1. The SMILES string of the molecule is NC(Cc1ccc(O)cc1)C(O)C/C=C/C(O)C(Cc1ccccc1)C(=O)O. The molecule has 0 fully saturated rings. The fraction of sp³-hybridized carbons (Fsp3) is 0.318. The van der Waals surface area contributed by atoms with E-state index in [0.29, 0.717) is 6.42 Å². The fourth-order valence-corrected chi connectivity index (χ4v) is 2.93. The highest BCUT2D eigenvalue weighted by Gasteiger charge is 2.25. The predicted molar refractivity (Wildman–Crippen MR) is 107 cm³/mol. The standard InChI is InChI=1S/C22H27NO5/c23-19(14-16-9-11-17(24)12-10-16)21(26)8-4-7-20(25)18(22(27)28)13-15-5-2-1-3-6-15/h1-7,9-12,18-21,24-26H,8,13-14,23H2,(H,27,28)/b7-4+. The van der Waals surface area contributed by atoms with Gasteiger partial charge in [-0.3, -0.25) is 4.79 Å². The Morgan fingerprint density at radius 1 is 0.964 bits per heavy atom. The van der Waals surface area contributed by atoms with E-state index in [1.807, 2.05) is 30.3 Å². The van der Waals surface area contributed by atoms with E-state index in [0.717, 1.165) is 11.1 Å². The van der Waals surface area contributed by atoms with Crippen LogP contribution in [-0.2, 0) is 17.6 Å². The number of benzene rings is 2. The molecule has 0 aromatic heterocycles. The van der Waals surface area contributed by atoms with E-state index in [-0.39, 0.29) is 18.6 Å². The van der Waals surface area contributed by atoms with Crippen molar-refractivity contribution >= 4 is 5.97 Å². The summed E-state index contributed by atoms with van der Waals surface area (Å²) >= 11 is 0. The molecule has 2 aromatic rings. The Labute approximate surface area is 164 Å². The van der Waals surface area contributed by atoms with Crippen LogP contribution in [0.2, 0.25) is 0 Å². The van der Waals surface area contributed by atoms with Crippen LogP contribution in [0.25, 0.3) is 0 Å².